The molecule has 0 aliphatic carbocycles. The van der Waals surface area contributed by atoms with E-state index in [0.29, 0.717) is 11.3 Å². The number of carbonyl (C=O) groups excluding carboxylic acids is 1. The zero-order chi connectivity index (χ0) is 18.8. The average Bonchev–Trinajstić information content (AvgIpc) is 2.98. The van der Waals surface area contributed by atoms with Gasteiger partial charge in [-0.3, -0.25) is 9.78 Å². The number of aryl methyl sites for hydroxylation is 2. The van der Waals surface area contributed by atoms with Crippen LogP contribution in [0.2, 0.25) is 0 Å². The molecule has 2 heterocycles. The second-order valence-electron chi connectivity index (χ2n) is 6.21. The molecule has 3 rings (SSSR count). The van der Waals surface area contributed by atoms with E-state index in [0.717, 1.165) is 21.1 Å². The van der Waals surface area contributed by atoms with Gasteiger partial charge in [0, 0.05) is 29.2 Å². The van der Waals surface area contributed by atoms with E-state index in [1.54, 1.807) is 65.9 Å². The van der Waals surface area contributed by atoms with E-state index < -0.39 is 0 Å². The van der Waals surface area contributed by atoms with Crippen LogP contribution >= 0.6 is 11.3 Å². The Kier molecular flexibility index (Phi) is 5.04. The van der Waals surface area contributed by atoms with E-state index >= 15 is 0 Å². The van der Waals surface area contributed by atoms with E-state index in [1.165, 1.54) is 0 Å². The lowest BCUT2D eigenvalue weighted by atomic mass is 10.1. The molecule has 0 radical (unpaired) electrons. The van der Waals surface area contributed by atoms with Crippen molar-refractivity contribution in [1.29, 1.82) is 0 Å². The third-order valence-corrected chi connectivity index (χ3v) is 5.33. The predicted molar refractivity (Wildman–Crippen MR) is 103 cm³/mol. The molecule has 2 aromatic heterocycles. The summed E-state index contributed by atoms with van der Waals surface area (Å²) in [5, 5.41) is 10.9. The molecule has 0 saturated carbocycles. The normalized spacial score (nSPS) is 12.0. The monoisotopic (exact) mass is 367 g/mol. The highest BCUT2D eigenvalue weighted by Crippen LogP contribution is 2.29. The topological polar surface area (TPSA) is 66.3 Å². The molecule has 0 aliphatic rings. The van der Waals surface area contributed by atoms with Crippen LogP contribution in [0.15, 0.2) is 42.6 Å². The number of benzene rings is 1. The van der Waals surface area contributed by atoms with Crippen LogP contribution in [0, 0.1) is 13.8 Å². The molecular weight excluding hydrogens is 346 g/mol. The highest BCUT2D eigenvalue weighted by Gasteiger charge is 2.22. The zero-order valence-corrected chi connectivity index (χ0v) is 16.0. The largest absolute Gasteiger partial charge is 0.506 e. The predicted octanol–water partition coefficient (Wildman–Crippen LogP) is 4.36. The lowest BCUT2D eigenvalue weighted by molar-refractivity contribution is 0.0740. The summed E-state index contributed by atoms with van der Waals surface area (Å²) in [5.74, 6) is 0.0473. The molecule has 0 aliphatic heterocycles. The Balaban J connectivity index is 1.81. The quantitative estimate of drug-likeness (QED) is 0.744. The van der Waals surface area contributed by atoms with Gasteiger partial charge in [0.05, 0.1) is 16.7 Å². The van der Waals surface area contributed by atoms with Crippen molar-refractivity contribution < 1.29 is 9.90 Å². The number of amides is 1. The highest BCUT2D eigenvalue weighted by molar-refractivity contribution is 7.11. The van der Waals surface area contributed by atoms with Crippen LogP contribution in [0.5, 0.6) is 5.75 Å². The molecule has 1 atom stereocenters. The summed E-state index contributed by atoms with van der Waals surface area (Å²) in [6, 6.07) is 10.3. The Hall–Kier alpha value is -2.73. The van der Waals surface area contributed by atoms with Gasteiger partial charge in [0.2, 0.25) is 0 Å². The fraction of sp³-hybridized carbons (Fsp3) is 0.250. The fourth-order valence-corrected chi connectivity index (χ4v) is 3.79. The van der Waals surface area contributed by atoms with Crippen LogP contribution in [0.3, 0.4) is 0 Å². The molecule has 1 unspecified atom stereocenters. The molecule has 1 aromatic carbocycles. The van der Waals surface area contributed by atoms with Crippen molar-refractivity contribution in [2.45, 2.75) is 26.8 Å². The van der Waals surface area contributed by atoms with Gasteiger partial charge in [-0.1, -0.05) is 12.1 Å². The molecule has 0 bridgehead atoms. The maximum atomic E-state index is 12.8. The number of rotatable bonds is 4. The number of hydrogen-bond donors (Lipinski definition) is 1. The molecule has 1 amide bonds. The molecular formula is C20H21N3O2S. The first-order valence-corrected chi connectivity index (χ1v) is 9.15. The van der Waals surface area contributed by atoms with Gasteiger partial charge >= 0.3 is 0 Å². The first-order chi connectivity index (χ1) is 12.4. The van der Waals surface area contributed by atoms with Gasteiger partial charge in [0.25, 0.3) is 5.91 Å². The summed E-state index contributed by atoms with van der Waals surface area (Å²) in [7, 11) is 1.79. The summed E-state index contributed by atoms with van der Waals surface area (Å²) in [6.07, 6.45) is 1.63. The van der Waals surface area contributed by atoms with Gasteiger partial charge in [-0.25, -0.2) is 4.98 Å². The van der Waals surface area contributed by atoms with Gasteiger partial charge in [-0.15, -0.1) is 11.3 Å². The summed E-state index contributed by atoms with van der Waals surface area (Å²) in [6.45, 7) is 5.99. The molecule has 1 N–H and O–H groups in total. The first-order valence-electron chi connectivity index (χ1n) is 8.34. The lowest BCUT2D eigenvalue weighted by Crippen LogP contribution is -2.30. The fourth-order valence-electron chi connectivity index (χ4n) is 2.89. The summed E-state index contributed by atoms with van der Waals surface area (Å²) in [5.41, 5.74) is 2.80. The Bertz CT molecular complexity index is 934. The molecule has 0 saturated heterocycles. The van der Waals surface area contributed by atoms with Crippen molar-refractivity contribution in [2.75, 3.05) is 7.05 Å². The van der Waals surface area contributed by atoms with Gasteiger partial charge in [-0.2, -0.15) is 0 Å². The van der Waals surface area contributed by atoms with Gasteiger partial charge in [-0.05, 0) is 45.0 Å². The minimum absolute atomic E-state index is 0.0701. The minimum Gasteiger partial charge on any atom is -0.506 e. The number of hydrogen-bond acceptors (Lipinski definition) is 5. The first kappa shape index (κ1) is 18.1. The minimum atomic E-state index is -0.105. The van der Waals surface area contributed by atoms with Crippen LogP contribution in [-0.4, -0.2) is 32.9 Å². The second kappa shape index (κ2) is 7.25. The molecule has 5 nitrogen and oxygen atoms in total. The smallest absolute Gasteiger partial charge is 0.254 e. The maximum absolute atomic E-state index is 12.8. The van der Waals surface area contributed by atoms with E-state index in [-0.39, 0.29) is 17.7 Å². The third kappa shape index (κ3) is 3.46. The van der Waals surface area contributed by atoms with Crippen molar-refractivity contribution in [2.24, 2.45) is 0 Å². The molecule has 3 aromatic rings. The van der Waals surface area contributed by atoms with E-state index in [2.05, 4.69) is 9.97 Å². The van der Waals surface area contributed by atoms with E-state index in [1.807, 2.05) is 20.8 Å². The van der Waals surface area contributed by atoms with Gasteiger partial charge < -0.3 is 10.0 Å². The Morgan fingerprint density at radius 1 is 1.19 bits per heavy atom. The molecule has 26 heavy (non-hydrogen) atoms. The van der Waals surface area contributed by atoms with Crippen LogP contribution in [0.1, 0.15) is 38.9 Å². The molecule has 134 valence electrons. The summed E-state index contributed by atoms with van der Waals surface area (Å²) in [4.78, 5) is 24.4. The van der Waals surface area contributed by atoms with Crippen LogP contribution in [0.4, 0.5) is 0 Å². The Morgan fingerprint density at radius 3 is 2.46 bits per heavy atom. The number of aromatic hydroxyl groups is 1. The SMILES string of the molecule is Cc1nc(C(C)N(C)C(=O)c2ccc(-c3ncccc3O)cc2)c(C)s1. The van der Waals surface area contributed by atoms with Crippen LogP contribution < -0.4 is 0 Å². The number of aromatic nitrogens is 2. The van der Waals surface area contributed by atoms with Crippen molar-refractivity contribution in [3.8, 4) is 17.0 Å². The van der Waals surface area contributed by atoms with Crippen molar-refractivity contribution in [1.82, 2.24) is 14.9 Å². The standard InChI is InChI=1S/C20H21N3O2S/c1-12(18-13(2)26-14(3)22-18)23(4)20(25)16-9-7-15(8-10-16)19-17(24)6-5-11-21-19/h5-12,24H,1-4H3. The Morgan fingerprint density at radius 2 is 1.88 bits per heavy atom. The summed E-state index contributed by atoms with van der Waals surface area (Å²) >= 11 is 1.64. The van der Waals surface area contributed by atoms with Crippen molar-refractivity contribution in [3.63, 3.8) is 0 Å². The second-order valence-corrected chi connectivity index (χ2v) is 7.62. The highest BCUT2D eigenvalue weighted by atomic mass is 32.1. The lowest BCUT2D eigenvalue weighted by Gasteiger charge is -2.24. The maximum Gasteiger partial charge on any atom is 0.254 e. The number of pyridine rings is 1. The average molecular weight is 367 g/mol. The zero-order valence-electron chi connectivity index (χ0n) is 15.2. The van der Waals surface area contributed by atoms with E-state index in [4.69, 9.17) is 0 Å². The third-order valence-electron chi connectivity index (χ3n) is 4.43. The van der Waals surface area contributed by atoms with Crippen molar-refractivity contribution >= 4 is 17.2 Å². The van der Waals surface area contributed by atoms with Gasteiger partial charge in [0.15, 0.2) is 0 Å². The molecule has 0 spiro atoms. The van der Waals surface area contributed by atoms with E-state index in [9.17, 15) is 9.90 Å². The van der Waals surface area contributed by atoms with Crippen molar-refractivity contribution in [3.05, 3.63) is 63.7 Å². The number of carbonyl (C=O) groups is 1. The Labute approximate surface area is 157 Å². The number of thiazole rings is 1. The molecule has 6 heteroatoms. The van der Waals surface area contributed by atoms with Gasteiger partial charge in [0.1, 0.15) is 11.4 Å². The van der Waals surface area contributed by atoms with Crippen LogP contribution in [0.25, 0.3) is 11.3 Å². The number of nitrogens with zero attached hydrogens (tertiary/aromatic N) is 3. The summed E-state index contributed by atoms with van der Waals surface area (Å²) < 4.78 is 0. The van der Waals surface area contributed by atoms with Crippen LogP contribution in [-0.2, 0) is 0 Å². The molecule has 0 fully saturated rings.